The van der Waals surface area contributed by atoms with E-state index in [1.807, 2.05) is 6.07 Å². The molecule has 0 aliphatic carbocycles. The zero-order chi connectivity index (χ0) is 13.9. The number of rotatable bonds is 2. The van der Waals surface area contributed by atoms with Crippen LogP contribution in [0.2, 0.25) is 0 Å². The summed E-state index contributed by atoms with van der Waals surface area (Å²) in [5.74, 6) is 1.23. The van der Waals surface area contributed by atoms with Crippen LogP contribution in [-0.4, -0.2) is 23.2 Å². The highest BCUT2D eigenvalue weighted by Gasteiger charge is 2.32. The van der Waals surface area contributed by atoms with Gasteiger partial charge in [-0.05, 0) is 30.3 Å². The molecule has 104 valence electrons. The van der Waals surface area contributed by atoms with Gasteiger partial charge in [0.2, 0.25) is 0 Å². The fourth-order valence-corrected chi connectivity index (χ4v) is 3.31. The maximum absolute atomic E-state index is 13.1. The van der Waals surface area contributed by atoms with Crippen LogP contribution in [0, 0.1) is 5.82 Å². The molecular weight excluding hydrogens is 279 g/mol. The summed E-state index contributed by atoms with van der Waals surface area (Å²) in [7, 11) is 0. The van der Waals surface area contributed by atoms with Crippen molar-refractivity contribution >= 4 is 23.5 Å². The molecule has 0 radical (unpaired) electrons. The number of amides is 2. The van der Waals surface area contributed by atoms with Crippen molar-refractivity contribution in [2.75, 3.05) is 17.6 Å². The first-order valence-electron chi connectivity index (χ1n) is 6.22. The lowest BCUT2D eigenvalue weighted by atomic mass is 10.3. The highest BCUT2D eigenvalue weighted by molar-refractivity contribution is 7.99. The molecule has 1 atom stereocenters. The Morgan fingerprint density at radius 2 is 2.30 bits per heavy atom. The zero-order valence-corrected chi connectivity index (χ0v) is 11.4. The van der Waals surface area contributed by atoms with Gasteiger partial charge in [0.25, 0.3) is 0 Å². The first kappa shape index (κ1) is 13.1. The smallest absolute Gasteiger partial charge is 0.323 e. The van der Waals surface area contributed by atoms with Crippen molar-refractivity contribution in [3.8, 4) is 0 Å². The lowest BCUT2D eigenvalue weighted by molar-refractivity contribution is 0.209. The Bertz CT molecular complexity index is 603. The molecule has 1 N–H and O–H groups in total. The van der Waals surface area contributed by atoms with Crippen LogP contribution in [-0.2, 0) is 0 Å². The lowest BCUT2D eigenvalue weighted by Gasteiger charge is -2.22. The zero-order valence-electron chi connectivity index (χ0n) is 10.6. The van der Waals surface area contributed by atoms with Crippen molar-refractivity contribution in [1.29, 1.82) is 0 Å². The molecule has 1 aliphatic heterocycles. The number of halogens is 1. The van der Waals surface area contributed by atoms with Crippen LogP contribution >= 0.6 is 11.8 Å². The molecule has 20 heavy (non-hydrogen) atoms. The van der Waals surface area contributed by atoms with Gasteiger partial charge in [-0.3, -0.25) is 0 Å². The average molecular weight is 292 g/mol. The molecule has 3 rings (SSSR count). The molecule has 1 aromatic carbocycles. The molecule has 6 heteroatoms. The fraction of sp³-hybridized carbons (Fsp3) is 0.214. The predicted octanol–water partition coefficient (Wildman–Crippen LogP) is 3.70. The van der Waals surface area contributed by atoms with Crippen molar-refractivity contribution in [3.63, 3.8) is 0 Å². The SMILES string of the molecule is O=C(Nc1cccc(F)c1)N1CCSC1c1ccco1. The van der Waals surface area contributed by atoms with E-state index in [9.17, 15) is 9.18 Å². The summed E-state index contributed by atoms with van der Waals surface area (Å²) in [4.78, 5) is 14.0. The van der Waals surface area contributed by atoms with E-state index < -0.39 is 0 Å². The Hall–Kier alpha value is -1.95. The summed E-state index contributed by atoms with van der Waals surface area (Å²) in [5.41, 5.74) is 0.449. The lowest BCUT2D eigenvalue weighted by Crippen LogP contribution is -2.34. The van der Waals surface area contributed by atoms with Gasteiger partial charge in [0.05, 0.1) is 6.26 Å². The summed E-state index contributed by atoms with van der Waals surface area (Å²) in [6.45, 7) is 0.636. The third-order valence-electron chi connectivity index (χ3n) is 3.01. The maximum Gasteiger partial charge on any atom is 0.323 e. The number of carbonyl (C=O) groups is 1. The molecular formula is C14H13FN2O2S. The first-order valence-corrected chi connectivity index (χ1v) is 7.27. The van der Waals surface area contributed by atoms with Gasteiger partial charge in [-0.15, -0.1) is 11.8 Å². The second-order valence-corrected chi connectivity index (χ2v) is 5.56. The Morgan fingerprint density at radius 3 is 3.05 bits per heavy atom. The number of nitrogens with zero attached hydrogens (tertiary/aromatic N) is 1. The van der Waals surface area contributed by atoms with Gasteiger partial charge in [-0.25, -0.2) is 9.18 Å². The third-order valence-corrected chi connectivity index (χ3v) is 4.24. The third kappa shape index (κ3) is 2.65. The van der Waals surface area contributed by atoms with Gasteiger partial charge in [-0.1, -0.05) is 6.07 Å². The van der Waals surface area contributed by atoms with E-state index >= 15 is 0 Å². The Labute approximate surface area is 119 Å². The maximum atomic E-state index is 13.1. The Morgan fingerprint density at radius 1 is 1.40 bits per heavy atom. The monoisotopic (exact) mass is 292 g/mol. The normalized spacial score (nSPS) is 18.2. The highest BCUT2D eigenvalue weighted by Crippen LogP contribution is 2.38. The summed E-state index contributed by atoms with van der Waals surface area (Å²) >= 11 is 1.65. The molecule has 1 aromatic heterocycles. The Balaban J connectivity index is 1.73. The number of furan rings is 1. The van der Waals surface area contributed by atoms with Crippen LogP contribution in [0.25, 0.3) is 0 Å². The topological polar surface area (TPSA) is 45.5 Å². The average Bonchev–Trinajstić information content (AvgIpc) is 3.09. The molecule has 2 aromatic rings. The molecule has 0 bridgehead atoms. The standard InChI is InChI=1S/C14H13FN2O2S/c15-10-3-1-4-11(9-10)16-14(18)17-6-8-20-13(17)12-5-2-7-19-12/h1-5,7,9,13H,6,8H2,(H,16,18). The van der Waals surface area contributed by atoms with Gasteiger partial charge in [0.1, 0.15) is 17.0 Å². The predicted molar refractivity (Wildman–Crippen MR) is 76.0 cm³/mol. The van der Waals surface area contributed by atoms with E-state index in [0.717, 1.165) is 11.5 Å². The van der Waals surface area contributed by atoms with Gasteiger partial charge >= 0.3 is 6.03 Å². The Kier molecular flexibility index (Phi) is 3.64. The summed E-state index contributed by atoms with van der Waals surface area (Å²) in [6.07, 6.45) is 1.59. The van der Waals surface area contributed by atoms with Crippen LogP contribution in [0.5, 0.6) is 0 Å². The van der Waals surface area contributed by atoms with E-state index in [4.69, 9.17) is 4.42 Å². The van der Waals surface area contributed by atoms with E-state index in [-0.39, 0.29) is 17.2 Å². The second-order valence-electron chi connectivity index (χ2n) is 4.37. The number of nitrogens with one attached hydrogen (secondary N) is 1. The second kappa shape index (κ2) is 5.58. The number of anilines is 1. The van der Waals surface area contributed by atoms with Crippen LogP contribution in [0.3, 0.4) is 0 Å². The highest BCUT2D eigenvalue weighted by atomic mass is 32.2. The quantitative estimate of drug-likeness (QED) is 0.918. The number of hydrogen-bond donors (Lipinski definition) is 1. The van der Waals surface area contributed by atoms with Crippen molar-refractivity contribution in [3.05, 3.63) is 54.2 Å². The number of carbonyl (C=O) groups excluding carboxylic acids is 1. The van der Waals surface area contributed by atoms with Crippen LogP contribution in [0.15, 0.2) is 47.1 Å². The first-order chi connectivity index (χ1) is 9.74. The summed E-state index contributed by atoms with van der Waals surface area (Å²) in [5, 5.41) is 2.58. The molecule has 1 fully saturated rings. The van der Waals surface area contributed by atoms with Crippen molar-refractivity contribution in [2.24, 2.45) is 0 Å². The van der Waals surface area contributed by atoms with Crippen LogP contribution in [0.4, 0.5) is 14.9 Å². The van der Waals surface area contributed by atoms with E-state index in [1.165, 1.54) is 12.1 Å². The summed E-state index contributed by atoms with van der Waals surface area (Å²) < 4.78 is 18.5. The summed E-state index contributed by atoms with van der Waals surface area (Å²) in [6, 6.07) is 9.26. The van der Waals surface area contributed by atoms with E-state index in [1.54, 1.807) is 41.1 Å². The van der Waals surface area contributed by atoms with Gasteiger partial charge < -0.3 is 14.6 Å². The molecule has 1 aliphatic rings. The van der Waals surface area contributed by atoms with Crippen LogP contribution in [0.1, 0.15) is 11.1 Å². The molecule has 0 spiro atoms. The number of urea groups is 1. The minimum absolute atomic E-state index is 0.126. The van der Waals surface area contributed by atoms with Crippen molar-refractivity contribution < 1.29 is 13.6 Å². The largest absolute Gasteiger partial charge is 0.466 e. The minimum atomic E-state index is -0.374. The number of hydrogen-bond acceptors (Lipinski definition) is 3. The van der Waals surface area contributed by atoms with E-state index in [2.05, 4.69) is 5.32 Å². The molecule has 1 saturated heterocycles. The molecule has 0 saturated carbocycles. The van der Waals surface area contributed by atoms with E-state index in [0.29, 0.717) is 12.2 Å². The fourth-order valence-electron chi connectivity index (χ4n) is 2.11. The van der Waals surface area contributed by atoms with Gasteiger partial charge in [0, 0.05) is 18.0 Å². The molecule has 4 nitrogen and oxygen atoms in total. The molecule has 1 unspecified atom stereocenters. The minimum Gasteiger partial charge on any atom is -0.466 e. The van der Waals surface area contributed by atoms with Crippen LogP contribution < -0.4 is 5.32 Å². The van der Waals surface area contributed by atoms with Crippen molar-refractivity contribution in [1.82, 2.24) is 4.90 Å². The van der Waals surface area contributed by atoms with Crippen molar-refractivity contribution in [2.45, 2.75) is 5.37 Å². The van der Waals surface area contributed by atoms with Gasteiger partial charge in [-0.2, -0.15) is 0 Å². The van der Waals surface area contributed by atoms with Gasteiger partial charge in [0.15, 0.2) is 0 Å². The molecule has 2 amide bonds. The molecule has 2 heterocycles. The number of thioether (sulfide) groups is 1. The number of benzene rings is 1.